The van der Waals surface area contributed by atoms with Crippen LogP contribution >= 0.6 is 0 Å². The summed E-state index contributed by atoms with van der Waals surface area (Å²) >= 11 is 0. The average molecular weight is 661 g/mol. The number of alkyl halides is 1. The van der Waals surface area contributed by atoms with E-state index in [1.165, 1.54) is 48.5 Å². The zero-order chi connectivity index (χ0) is 34.3. The maximum atomic E-state index is 15.6. The van der Waals surface area contributed by atoms with Crippen LogP contribution in [0.15, 0.2) is 127 Å². The van der Waals surface area contributed by atoms with Crippen LogP contribution < -0.4 is 9.80 Å². The number of nitrogens with zero attached hydrogens (tertiary/aromatic N) is 2. The molecule has 1 unspecified atom stereocenters. The molecule has 0 amide bonds. The van der Waals surface area contributed by atoms with E-state index in [-0.39, 0.29) is 32.9 Å². The fourth-order valence-electron chi connectivity index (χ4n) is 5.79. The van der Waals surface area contributed by atoms with Crippen molar-refractivity contribution in [2.75, 3.05) is 9.80 Å². The van der Waals surface area contributed by atoms with E-state index in [4.69, 9.17) is 0 Å². The standard InChI is InChI=1S/C38H24F8N2/c1-21(39)20-33(46)22(2)47(36-27(40)14-7-15-28(36)41)34-23-10-3-5-12-25(23)35(26-13-6-4-11-24(26)34)48(37-29(42)16-8-17-30(37)43)38-31(44)18-9-19-32(38)45/h3-21H,2H2,1H3/b33-20+. The summed E-state index contributed by atoms with van der Waals surface area (Å²) in [5, 5.41) is 0.396. The Morgan fingerprint density at radius 3 is 1.21 bits per heavy atom. The molecule has 0 aliphatic heterocycles. The molecule has 0 heterocycles. The smallest absolute Gasteiger partial charge is 0.150 e. The molecule has 0 fully saturated rings. The van der Waals surface area contributed by atoms with Crippen LogP contribution in [-0.4, -0.2) is 6.17 Å². The molecule has 0 spiro atoms. The Bertz CT molecular complexity index is 2080. The van der Waals surface area contributed by atoms with Crippen molar-refractivity contribution in [3.05, 3.63) is 162 Å². The van der Waals surface area contributed by atoms with Crippen molar-refractivity contribution >= 4 is 50.0 Å². The molecule has 242 valence electrons. The summed E-state index contributed by atoms with van der Waals surface area (Å²) in [5.41, 5.74) is -3.17. The number of hydrogen-bond donors (Lipinski definition) is 0. The van der Waals surface area contributed by atoms with Crippen molar-refractivity contribution in [3.8, 4) is 0 Å². The first-order chi connectivity index (χ1) is 23.0. The highest BCUT2D eigenvalue weighted by atomic mass is 19.2. The quantitative estimate of drug-likeness (QED) is 0.0694. The molecule has 1 atom stereocenters. The van der Waals surface area contributed by atoms with Crippen molar-refractivity contribution in [1.82, 2.24) is 0 Å². The zero-order valence-electron chi connectivity index (χ0n) is 25.1. The molecule has 6 rings (SSSR count). The van der Waals surface area contributed by atoms with Gasteiger partial charge in [0.25, 0.3) is 0 Å². The number of benzene rings is 6. The predicted octanol–water partition coefficient (Wildman–Crippen LogP) is 12.2. The van der Waals surface area contributed by atoms with Gasteiger partial charge in [-0.15, -0.1) is 0 Å². The predicted molar refractivity (Wildman–Crippen MR) is 173 cm³/mol. The third-order valence-corrected chi connectivity index (χ3v) is 7.73. The van der Waals surface area contributed by atoms with Gasteiger partial charge >= 0.3 is 0 Å². The summed E-state index contributed by atoms with van der Waals surface area (Å²) < 4.78 is 123. The minimum absolute atomic E-state index is 0.0584. The first-order valence-electron chi connectivity index (χ1n) is 14.6. The van der Waals surface area contributed by atoms with E-state index in [1.54, 1.807) is 0 Å². The number of allylic oxidation sites excluding steroid dienone is 2. The largest absolute Gasteiger partial charge is 0.302 e. The summed E-state index contributed by atoms with van der Waals surface area (Å²) in [6.07, 6.45) is -1.22. The molecule has 6 aromatic carbocycles. The minimum Gasteiger partial charge on any atom is -0.302 e. The summed E-state index contributed by atoms with van der Waals surface area (Å²) in [6, 6.07) is 20.9. The van der Waals surface area contributed by atoms with Gasteiger partial charge in [0.15, 0.2) is 0 Å². The molecular weight excluding hydrogens is 636 g/mol. The van der Waals surface area contributed by atoms with E-state index in [0.29, 0.717) is 6.08 Å². The van der Waals surface area contributed by atoms with Crippen LogP contribution in [0.2, 0.25) is 0 Å². The lowest BCUT2D eigenvalue weighted by atomic mass is 9.95. The first kappa shape index (κ1) is 32.3. The second kappa shape index (κ2) is 12.9. The molecule has 0 aromatic heterocycles. The first-order valence-corrected chi connectivity index (χ1v) is 14.6. The SMILES string of the molecule is C=C(/C(F)=C\C(C)F)N(c1c(F)cccc1F)c1c2ccccc2c(N(c2c(F)cccc2F)c2c(F)cccc2F)c2ccccc12. The summed E-state index contributed by atoms with van der Waals surface area (Å²) in [4.78, 5) is 1.63. The van der Waals surface area contributed by atoms with Gasteiger partial charge in [0.05, 0.1) is 17.1 Å². The molecule has 0 aliphatic carbocycles. The highest BCUT2D eigenvalue weighted by molar-refractivity contribution is 6.23. The van der Waals surface area contributed by atoms with Gasteiger partial charge in [-0.3, -0.25) is 4.90 Å². The van der Waals surface area contributed by atoms with Gasteiger partial charge in [0, 0.05) is 21.5 Å². The summed E-state index contributed by atoms with van der Waals surface area (Å²) in [7, 11) is 0. The van der Waals surface area contributed by atoms with Crippen molar-refractivity contribution < 1.29 is 35.1 Å². The fourth-order valence-corrected chi connectivity index (χ4v) is 5.79. The molecule has 0 aliphatic rings. The van der Waals surface area contributed by atoms with Gasteiger partial charge in [-0.25, -0.2) is 35.1 Å². The second-order valence-electron chi connectivity index (χ2n) is 10.8. The number of anilines is 5. The lowest BCUT2D eigenvalue weighted by Crippen LogP contribution is -2.21. The Labute approximate surface area is 270 Å². The molecule has 0 N–H and O–H groups in total. The molecule has 2 nitrogen and oxygen atoms in total. The topological polar surface area (TPSA) is 6.48 Å². The molecule has 6 aromatic rings. The number of halogens is 8. The van der Waals surface area contributed by atoms with E-state index < -0.39 is 69.7 Å². The van der Waals surface area contributed by atoms with Crippen molar-refractivity contribution in [1.29, 1.82) is 0 Å². The van der Waals surface area contributed by atoms with E-state index in [1.807, 2.05) is 0 Å². The Kier molecular flexibility index (Phi) is 8.66. The highest BCUT2D eigenvalue weighted by Gasteiger charge is 2.32. The third kappa shape index (κ3) is 5.53. The average Bonchev–Trinajstić information content (AvgIpc) is 3.04. The monoisotopic (exact) mass is 660 g/mol. The molecule has 48 heavy (non-hydrogen) atoms. The van der Waals surface area contributed by atoms with Crippen LogP contribution in [-0.2, 0) is 0 Å². The number of hydrogen-bond acceptors (Lipinski definition) is 2. The van der Waals surface area contributed by atoms with Crippen molar-refractivity contribution in [2.45, 2.75) is 13.1 Å². The van der Waals surface area contributed by atoms with Gasteiger partial charge in [0.1, 0.15) is 64.0 Å². The normalized spacial score (nSPS) is 12.4. The third-order valence-electron chi connectivity index (χ3n) is 7.73. The Morgan fingerprint density at radius 2 is 0.854 bits per heavy atom. The maximum Gasteiger partial charge on any atom is 0.150 e. The lowest BCUT2D eigenvalue weighted by Gasteiger charge is -2.33. The van der Waals surface area contributed by atoms with E-state index in [2.05, 4.69) is 6.58 Å². The molecule has 10 heteroatoms. The van der Waals surface area contributed by atoms with Gasteiger partial charge in [0.2, 0.25) is 0 Å². The Morgan fingerprint density at radius 1 is 0.521 bits per heavy atom. The number of rotatable bonds is 8. The van der Waals surface area contributed by atoms with Crippen LogP contribution in [0.5, 0.6) is 0 Å². The van der Waals surface area contributed by atoms with Gasteiger partial charge in [-0.1, -0.05) is 73.3 Å². The molecule has 0 radical (unpaired) electrons. The van der Waals surface area contributed by atoms with Crippen LogP contribution in [0.4, 0.5) is 63.6 Å². The van der Waals surface area contributed by atoms with Crippen LogP contribution in [0.3, 0.4) is 0 Å². The fraction of sp³-hybridized carbons (Fsp3) is 0.0526. The second-order valence-corrected chi connectivity index (χ2v) is 10.8. The highest BCUT2D eigenvalue weighted by Crippen LogP contribution is 2.52. The minimum atomic E-state index is -1.80. The Hall–Kier alpha value is -5.64. The van der Waals surface area contributed by atoms with E-state index in [0.717, 1.165) is 71.3 Å². The van der Waals surface area contributed by atoms with Crippen LogP contribution in [0, 0.1) is 34.9 Å². The van der Waals surface area contributed by atoms with Crippen LogP contribution in [0.25, 0.3) is 21.5 Å². The van der Waals surface area contributed by atoms with Gasteiger partial charge < -0.3 is 4.90 Å². The number of para-hydroxylation sites is 3. The number of fused-ring (bicyclic) bond motifs is 2. The van der Waals surface area contributed by atoms with Crippen molar-refractivity contribution in [3.63, 3.8) is 0 Å². The van der Waals surface area contributed by atoms with E-state index in [9.17, 15) is 4.39 Å². The summed E-state index contributed by atoms with van der Waals surface area (Å²) in [5.74, 6) is -8.04. The van der Waals surface area contributed by atoms with Gasteiger partial charge in [-0.05, 0) is 49.4 Å². The molecule has 0 saturated carbocycles. The van der Waals surface area contributed by atoms with Crippen LogP contribution in [0.1, 0.15) is 6.92 Å². The summed E-state index contributed by atoms with van der Waals surface area (Å²) in [6.45, 7) is 4.78. The molecule has 0 saturated heterocycles. The van der Waals surface area contributed by atoms with Gasteiger partial charge in [-0.2, -0.15) is 0 Å². The Balaban J connectivity index is 1.83. The van der Waals surface area contributed by atoms with E-state index >= 15 is 30.7 Å². The molecule has 0 bridgehead atoms. The zero-order valence-corrected chi connectivity index (χ0v) is 25.1. The lowest BCUT2D eigenvalue weighted by molar-refractivity contribution is 0.422. The van der Waals surface area contributed by atoms with Crippen molar-refractivity contribution in [2.24, 2.45) is 0 Å². The maximum absolute atomic E-state index is 15.6. The molecular formula is C38H24F8N2.